The summed E-state index contributed by atoms with van der Waals surface area (Å²) in [5, 5.41) is 5.62. The van der Waals surface area contributed by atoms with Crippen molar-refractivity contribution in [2.24, 2.45) is 7.05 Å². The fraction of sp³-hybridized carbons (Fsp3) is 0.500. The first-order valence-electron chi connectivity index (χ1n) is 9.30. The van der Waals surface area contributed by atoms with Gasteiger partial charge in [-0.1, -0.05) is 35.3 Å². The molecule has 1 saturated heterocycles. The Morgan fingerprint density at radius 1 is 1.25 bits per heavy atom. The van der Waals surface area contributed by atoms with Crippen molar-refractivity contribution in [1.82, 2.24) is 14.7 Å². The van der Waals surface area contributed by atoms with Crippen molar-refractivity contribution >= 4 is 35.1 Å². The Bertz CT molecular complexity index is 876. The molecule has 1 aromatic heterocycles. The Labute approximate surface area is 176 Å². The van der Waals surface area contributed by atoms with Crippen molar-refractivity contribution in [2.45, 2.75) is 39.3 Å². The van der Waals surface area contributed by atoms with Crippen LogP contribution in [0, 0.1) is 0 Å². The number of anilines is 1. The minimum atomic E-state index is -0.499. The number of piperazine rings is 1. The Morgan fingerprint density at radius 3 is 2.61 bits per heavy atom. The van der Waals surface area contributed by atoms with Crippen LogP contribution >= 0.6 is 23.2 Å². The van der Waals surface area contributed by atoms with Crippen LogP contribution in [0.15, 0.2) is 24.3 Å². The summed E-state index contributed by atoms with van der Waals surface area (Å²) in [6.07, 6.45) is -0.268. The second-order valence-electron chi connectivity index (χ2n) is 8.08. The monoisotopic (exact) mass is 424 g/mol. The molecule has 0 N–H and O–H groups in total. The average Bonchev–Trinajstić information content (AvgIpc) is 2.97. The number of halogens is 2. The van der Waals surface area contributed by atoms with E-state index in [-0.39, 0.29) is 12.1 Å². The van der Waals surface area contributed by atoms with Crippen molar-refractivity contribution in [2.75, 3.05) is 24.5 Å². The molecule has 0 saturated carbocycles. The Morgan fingerprint density at radius 2 is 1.96 bits per heavy atom. The molecule has 152 valence electrons. The van der Waals surface area contributed by atoms with Crippen LogP contribution in [0.2, 0.25) is 10.0 Å². The van der Waals surface area contributed by atoms with Crippen LogP contribution in [0.4, 0.5) is 10.6 Å². The summed E-state index contributed by atoms with van der Waals surface area (Å²) in [4.78, 5) is 16.4. The van der Waals surface area contributed by atoms with Gasteiger partial charge in [0.15, 0.2) is 0 Å². The molecule has 1 aromatic carbocycles. The number of amides is 1. The van der Waals surface area contributed by atoms with Crippen LogP contribution in [0.1, 0.15) is 27.7 Å². The molecule has 0 spiro atoms. The summed E-state index contributed by atoms with van der Waals surface area (Å²) in [7, 11) is 1.90. The van der Waals surface area contributed by atoms with Crippen LogP contribution < -0.4 is 4.90 Å². The number of hydrogen-bond donors (Lipinski definition) is 0. The average molecular weight is 425 g/mol. The lowest BCUT2D eigenvalue weighted by atomic mass is 10.1. The molecule has 1 amide bonds. The van der Waals surface area contributed by atoms with E-state index in [9.17, 15) is 4.79 Å². The third-order valence-electron chi connectivity index (χ3n) is 4.66. The van der Waals surface area contributed by atoms with Crippen molar-refractivity contribution in [3.63, 3.8) is 0 Å². The van der Waals surface area contributed by atoms with Gasteiger partial charge in [0.1, 0.15) is 11.4 Å². The van der Waals surface area contributed by atoms with E-state index < -0.39 is 5.60 Å². The van der Waals surface area contributed by atoms with Gasteiger partial charge in [-0.3, -0.25) is 4.68 Å². The number of hydrogen-bond acceptors (Lipinski definition) is 4. The number of ether oxygens (including phenoxy) is 1. The summed E-state index contributed by atoms with van der Waals surface area (Å²) in [5.41, 5.74) is 1.07. The highest BCUT2D eigenvalue weighted by Crippen LogP contribution is 2.34. The van der Waals surface area contributed by atoms with E-state index in [1.54, 1.807) is 11.0 Å². The Balaban J connectivity index is 1.77. The second kappa shape index (κ2) is 7.84. The van der Waals surface area contributed by atoms with Crippen molar-refractivity contribution in [3.05, 3.63) is 34.3 Å². The van der Waals surface area contributed by atoms with E-state index >= 15 is 0 Å². The zero-order valence-corrected chi connectivity index (χ0v) is 18.4. The van der Waals surface area contributed by atoms with Crippen LogP contribution in [-0.4, -0.2) is 52.1 Å². The zero-order chi connectivity index (χ0) is 20.6. The number of rotatable bonds is 2. The van der Waals surface area contributed by atoms with E-state index in [1.807, 2.05) is 57.6 Å². The first-order valence-corrected chi connectivity index (χ1v) is 10.1. The third-order valence-corrected chi connectivity index (χ3v) is 5.48. The Hall–Kier alpha value is -1.92. The van der Waals surface area contributed by atoms with E-state index in [1.165, 1.54) is 0 Å². The maximum atomic E-state index is 12.4. The molecule has 1 atom stereocenters. The lowest BCUT2D eigenvalue weighted by molar-refractivity contribution is 0.0158. The summed E-state index contributed by atoms with van der Waals surface area (Å²) in [6, 6.07) is 7.56. The standard InChI is InChI=1S/C20H26Cl2N4O2/c1-13-12-25(9-10-26(13)19(27)28-20(2,3)4)17-11-16(23-24(17)5)14-7-6-8-15(21)18(14)22/h6-8,11,13H,9-10,12H2,1-5H3/t13-/m0/s1. The number of carbonyl (C=O) groups is 1. The van der Waals surface area contributed by atoms with E-state index in [4.69, 9.17) is 27.9 Å². The lowest BCUT2D eigenvalue weighted by Crippen LogP contribution is -2.55. The highest BCUT2D eigenvalue weighted by atomic mass is 35.5. The van der Waals surface area contributed by atoms with Gasteiger partial charge in [0.25, 0.3) is 0 Å². The van der Waals surface area contributed by atoms with E-state index in [0.717, 1.165) is 17.1 Å². The SMILES string of the molecule is C[C@H]1CN(c2cc(-c3cccc(Cl)c3Cl)nn2C)CCN1C(=O)OC(C)(C)C. The number of carbonyl (C=O) groups excluding carboxylic acids is 1. The summed E-state index contributed by atoms with van der Waals surface area (Å²) in [6.45, 7) is 9.65. The number of nitrogens with zero attached hydrogens (tertiary/aromatic N) is 4. The van der Waals surface area contributed by atoms with Crippen molar-refractivity contribution in [3.8, 4) is 11.3 Å². The summed E-state index contributed by atoms with van der Waals surface area (Å²) in [5.74, 6) is 0.974. The molecule has 28 heavy (non-hydrogen) atoms. The molecule has 6 nitrogen and oxygen atoms in total. The number of aryl methyl sites for hydroxylation is 1. The van der Waals surface area contributed by atoms with Gasteiger partial charge in [-0.05, 0) is 33.8 Å². The fourth-order valence-electron chi connectivity index (χ4n) is 3.34. The predicted molar refractivity (Wildman–Crippen MR) is 113 cm³/mol. The lowest BCUT2D eigenvalue weighted by Gasteiger charge is -2.40. The molecule has 8 heteroatoms. The minimum Gasteiger partial charge on any atom is -0.444 e. The number of benzene rings is 1. The maximum Gasteiger partial charge on any atom is 0.410 e. The fourth-order valence-corrected chi connectivity index (χ4v) is 3.74. The molecule has 3 rings (SSSR count). The predicted octanol–water partition coefficient (Wildman–Crippen LogP) is 4.84. The van der Waals surface area contributed by atoms with Crippen LogP contribution in [0.5, 0.6) is 0 Å². The first kappa shape index (κ1) is 20.8. The molecular formula is C20H26Cl2N4O2. The maximum absolute atomic E-state index is 12.4. The molecule has 1 aliphatic heterocycles. The van der Waals surface area contributed by atoms with Gasteiger partial charge in [0, 0.05) is 44.4 Å². The smallest absolute Gasteiger partial charge is 0.410 e. The highest BCUT2D eigenvalue weighted by molar-refractivity contribution is 6.43. The summed E-state index contributed by atoms with van der Waals surface area (Å²) >= 11 is 12.5. The molecule has 0 unspecified atom stereocenters. The van der Waals surface area contributed by atoms with Gasteiger partial charge in [-0.2, -0.15) is 5.10 Å². The molecular weight excluding hydrogens is 399 g/mol. The Kier molecular flexibility index (Phi) is 5.82. The topological polar surface area (TPSA) is 50.6 Å². The van der Waals surface area contributed by atoms with E-state index in [0.29, 0.717) is 29.7 Å². The molecule has 0 aliphatic carbocycles. The highest BCUT2D eigenvalue weighted by Gasteiger charge is 2.32. The van der Waals surface area contributed by atoms with Crippen molar-refractivity contribution in [1.29, 1.82) is 0 Å². The van der Waals surface area contributed by atoms with Gasteiger partial charge >= 0.3 is 6.09 Å². The third kappa shape index (κ3) is 4.39. The molecule has 2 heterocycles. The van der Waals surface area contributed by atoms with Crippen LogP contribution in [-0.2, 0) is 11.8 Å². The van der Waals surface area contributed by atoms with Crippen LogP contribution in [0.25, 0.3) is 11.3 Å². The largest absolute Gasteiger partial charge is 0.444 e. The van der Waals surface area contributed by atoms with Gasteiger partial charge in [0.2, 0.25) is 0 Å². The van der Waals surface area contributed by atoms with Gasteiger partial charge in [0.05, 0.1) is 15.7 Å². The quantitative estimate of drug-likeness (QED) is 0.691. The molecule has 0 bridgehead atoms. The molecule has 1 fully saturated rings. The number of aromatic nitrogens is 2. The minimum absolute atomic E-state index is 0.0247. The van der Waals surface area contributed by atoms with Crippen LogP contribution in [0.3, 0.4) is 0 Å². The summed E-state index contributed by atoms with van der Waals surface area (Å²) < 4.78 is 7.36. The normalized spacial score (nSPS) is 17.8. The molecule has 1 aliphatic rings. The van der Waals surface area contributed by atoms with Gasteiger partial charge in [-0.25, -0.2) is 4.79 Å². The zero-order valence-electron chi connectivity index (χ0n) is 16.9. The first-order chi connectivity index (χ1) is 13.1. The molecule has 0 radical (unpaired) electrons. The van der Waals surface area contributed by atoms with Gasteiger partial charge < -0.3 is 14.5 Å². The van der Waals surface area contributed by atoms with Crippen molar-refractivity contribution < 1.29 is 9.53 Å². The second-order valence-corrected chi connectivity index (χ2v) is 8.87. The molecule has 2 aromatic rings. The van der Waals surface area contributed by atoms with Gasteiger partial charge in [-0.15, -0.1) is 0 Å². The van der Waals surface area contributed by atoms with E-state index in [2.05, 4.69) is 10.00 Å².